The number of hydrogen-bond acceptors (Lipinski definition) is 0. The first kappa shape index (κ1) is 20.8. The molecule has 0 fully saturated rings. The summed E-state index contributed by atoms with van der Waals surface area (Å²) in [6, 6.07) is 6.16. The van der Waals surface area contributed by atoms with E-state index in [-0.39, 0.29) is 11.1 Å². The second-order valence-electron chi connectivity index (χ2n) is 4.02. The molecule has 0 bridgehead atoms. The zero-order chi connectivity index (χ0) is 16.7. The van der Waals surface area contributed by atoms with Gasteiger partial charge in [-0.1, -0.05) is 129 Å². The molecule has 0 saturated carbocycles. The van der Waals surface area contributed by atoms with Crippen LogP contribution in [0.25, 0.3) is 0 Å². The maximum Gasteiger partial charge on any atom is 0.226 e. The number of hydrogen-bond donors (Lipinski definition) is 0. The molecule has 0 aliphatic heterocycles. The van der Waals surface area contributed by atoms with Crippen molar-refractivity contribution in [2.45, 2.75) is 23.4 Å². The second kappa shape index (κ2) is 6.96. The van der Waals surface area contributed by atoms with Gasteiger partial charge in [-0.3, -0.25) is 0 Å². The highest BCUT2D eigenvalue weighted by Gasteiger charge is 2.68. The van der Waals surface area contributed by atoms with E-state index in [1.165, 1.54) is 12.1 Å². The first-order chi connectivity index (χ1) is 9.30. The third-order valence-electron chi connectivity index (χ3n) is 2.66. The highest BCUT2D eigenvalue weighted by molar-refractivity contribution is 6.80. The number of rotatable bonds is 4. The lowest BCUT2D eigenvalue weighted by Crippen LogP contribution is -2.55. The largest absolute Gasteiger partial charge is 0.232 e. The Balaban J connectivity index is 3.47. The van der Waals surface area contributed by atoms with Gasteiger partial charge in [0, 0.05) is 0 Å². The summed E-state index contributed by atoms with van der Waals surface area (Å²) in [4.78, 5) is 0. The fourth-order valence-corrected chi connectivity index (χ4v) is 3.83. The van der Waals surface area contributed by atoms with E-state index in [1.54, 1.807) is 12.1 Å². The summed E-state index contributed by atoms with van der Waals surface area (Å²) < 4.78 is -9.17. The van der Waals surface area contributed by atoms with Gasteiger partial charge in [0.25, 0.3) is 0 Å². The van der Waals surface area contributed by atoms with Crippen LogP contribution < -0.4 is 0 Å². The fourth-order valence-electron chi connectivity index (χ4n) is 1.50. The molecule has 21 heavy (non-hydrogen) atoms. The molecule has 0 heterocycles. The second-order valence-corrected chi connectivity index (χ2v) is 10.3. The monoisotopic (exact) mass is 469 g/mol. The number of benzene rings is 1. The minimum absolute atomic E-state index is 0.119. The van der Waals surface area contributed by atoms with Crippen LogP contribution in [-0.2, 0) is 16.0 Å². The Morgan fingerprint density at radius 2 is 1.24 bits per heavy atom. The number of alkyl halides is 9. The van der Waals surface area contributed by atoms with Gasteiger partial charge >= 0.3 is 0 Å². The van der Waals surface area contributed by atoms with Gasteiger partial charge < -0.3 is 0 Å². The van der Waals surface area contributed by atoms with Gasteiger partial charge in [-0.05, 0) is 11.1 Å². The lowest BCUT2D eigenvalue weighted by molar-refractivity contribution is 0.176. The first-order valence-corrected chi connectivity index (χ1v) is 8.57. The van der Waals surface area contributed by atoms with Gasteiger partial charge in [-0.15, -0.1) is 0 Å². The normalized spacial score (nSPS) is 14.4. The molecule has 0 unspecified atom stereocenters. The van der Waals surface area contributed by atoms with Crippen molar-refractivity contribution in [1.82, 2.24) is 0 Å². The molecule has 1 aromatic rings. The quantitative estimate of drug-likeness (QED) is 0.422. The van der Waals surface area contributed by atoms with E-state index >= 15 is 0 Å². The van der Waals surface area contributed by atoms with E-state index in [0.29, 0.717) is 0 Å². The van der Waals surface area contributed by atoms with Crippen LogP contribution >= 0.6 is 104 Å². The van der Waals surface area contributed by atoms with Crippen LogP contribution in [0.2, 0.25) is 0 Å². The van der Waals surface area contributed by atoms with E-state index in [4.69, 9.17) is 104 Å². The van der Waals surface area contributed by atoms with Crippen LogP contribution in [0.1, 0.15) is 11.1 Å². The zero-order valence-electron chi connectivity index (χ0n) is 9.83. The van der Waals surface area contributed by atoms with Gasteiger partial charge in [-0.25, -0.2) is 5.11 Å². The summed E-state index contributed by atoms with van der Waals surface area (Å²) in [7, 11) is 0. The van der Waals surface area contributed by atoms with Gasteiger partial charge in [0.15, 0.2) is 8.67 Å². The third-order valence-corrected chi connectivity index (χ3v) is 8.10. The maximum atomic E-state index is 11.2. The van der Waals surface area contributed by atoms with E-state index in [0.717, 1.165) is 0 Å². The minimum atomic E-state index is -2.38. The Morgan fingerprint density at radius 3 is 1.67 bits per heavy atom. The van der Waals surface area contributed by atoms with Crippen molar-refractivity contribution in [1.29, 1.82) is 0 Å². The predicted octanol–water partition coefficient (Wildman–Crippen LogP) is 6.97. The summed E-state index contributed by atoms with van der Waals surface area (Å²) in [6.07, 6.45) is 0. The van der Waals surface area contributed by atoms with Crippen LogP contribution in [0.15, 0.2) is 24.3 Å². The van der Waals surface area contributed by atoms with E-state index in [2.05, 4.69) is 0 Å². The summed E-state index contributed by atoms with van der Waals surface area (Å²) in [6.45, 7) is -0.618. The Bertz CT molecular complexity index is 507. The van der Waals surface area contributed by atoms with Crippen molar-refractivity contribution in [2.75, 3.05) is 0 Å². The van der Waals surface area contributed by atoms with E-state index < -0.39 is 23.4 Å². The molecule has 1 rings (SSSR count). The summed E-state index contributed by atoms with van der Waals surface area (Å²) >= 11 is 53.9. The molecule has 1 radical (unpaired) electrons. The minimum Gasteiger partial charge on any atom is -0.232 e. The average molecular weight is 473 g/mol. The summed E-state index contributed by atoms with van der Waals surface area (Å²) in [5, 5.41) is 11.2. The van der Waals surface area contributed by atoms with Gasteiger partial charge in [-0.2, -0.15) is 0 Å². The van der Waals surface area contributed by atoms with Crippen LogP contribution in [0.5, 0.6) is 0 Å². The molecule has 1 aromatic carbocycles. The van der Waals surface area contributed by atoms with Crippen LogP contribution in [0, 0.1) is 0 Å². The molecule has 0 spiro atoms. The van der Waals surface area contributed by atoms with Crippen molar-refractivity contribution in [2.24, 2.45) is 0 Å². The first-order valence-electron chi connectivity index (χ1n) is 5.17. The lowest BCUT2D eigenvalue weighted by Gasteiger charge is -2.44. The smallest absolute Gasteiger partial charge is 0.226 e. The van der Waals surface area contributed by atoms with E-state index in [9.17, 15) is 5.11 Å². The highest BCUT2D eigenvalue weighted by Crippen LogP contribution is 2.65. The number of halogens is 9. The molecule has 1 nitrogen and oxygen atoms in total. The van der Waals surface area contributed by atoms with Crippen LogP contribution in [0.4, 0.5) is 0 Å². The van der Waals surface area contributed by atoms with Crippen LogP contribution in [0.3, 0.4) is 0 Å². The Kier molecular flexibility index (Phi) is 6.90. The van der Waals surface area contributed by atoms with Gasteiger partial charge in [0.1, 0.15) is 6.61 Å². The van der Waals surface area contributed by atoms with E-state index in [1.807, 2.05) is 0 Å². The lowest BCUT2D eigenvalue weighted by atomic mass is 10.0. The average Bonchev–Trinajstić information content (AvgIpc) is 2.36. The molecule has 0 atom stereocenters. The SMILES string of the molecule is [O]Cc1ccccc1C(Cl)(Cl)C(Cl)(Cl)C(Cl)(Cl)C(Cl)(Cl)Cl. The Labute approximate surface area is 167 Å². The molecule has 0 aromatic heterocycles. The fraction of sp³-hybridized carbons (Fsp3) is 0.455. The van der Waals surface area contributed by atoms with Crippen molar-refractivity contribution in [3.05, 3.63) is 35.4 Å². The summed E-state index contributed by atoms with van der Waals surface area (Å²) in [5.74, 6) is 0. The van der Waals surface area contributed by atoms with Crippen molar-refractivity contribution < 1.29 is 5.11 Å². The Morgan fingerprint density at radius 1 is 0.762 bits per heavy atom. The van der Waals surface area contributed by atoms with Crippen molar-refractivity contribution >= 4 is 104 Å². The zero-order valence-corrected chi connectivity index (χ0v) is 16.6. The molecule has 0 aliphatic carbocycles. The molecular formula is C11H6Cl9O. The predicted molar refractivity (Wildman–Crippen MR) is 93.4 cm³/mol. The molecule has 0 amide bonds. The van der Waals surface area contributed by atoms with Gasteiger partial charge in [0.05, 0.1) is 0 Å². The Hall–Kier alpha value is 1.79. The highest BCUT2D eigenvalue weighted by atomic mass is 35.6. The van der Waals surface area contributed by atoms with Crippen LogP contribution in [-0.4, -0.2) is 12.5 Å². The maximum absolute atomic E-state index is 11.2. The molecule has 119 valence electrons. The van der Waals surface area contributed by atoms with Gasteiger partial charge in [0.2, 0.25) is 8.13 Å². The van der Waals surface area contributed by atoms with Crippen molar-refractivity contribution in [3.63, 3.8) is 0 Å². The molecule has 0 saturated heterocycles. The molecule has 0 aliphatic rings. The molecule has 10 heteroatoms. The third kappa shape index (κ3) is 3.74. The summed E-state index contributed by atoms with van der Waals surface area (Å²) in [5.41, 5.74) is 0.370. The topological polar surface area (TPSA) is 19.9 Å². The van der Waals surface area contributed by atoms with Crippen molar-refractivity contribution in [3.8, 4) is 0 Å². The molecular weight excluding hydrogens is 467 g/mol. The standard InChI is InChI=1S/C11H6Cl9O/c12-8(13,7-4-2-1-3-6(7)5-21)9(14,15)10(16,17)11(18,19)20/h1-4H,5H2. The molecule has 0 N–H and O–H groups in total.